The summed E-state index contributed by atoms with van der Waals surface area (Å²) in [6.45, 7) is 9.99. The molecule has 0 amide bonds. The van der Waals surface area contributed by atoms with Gasteiger partial charge in [0.1, 0.15) is 15.7 Å². The molecule has 0 aliphatic heterocycles. The standard InChI is InChI=1S/C32H41N5O2S/c1-8-22(20-37(5)6)23-10-9-11-25(15-23)31-34-19-29(26(18-33-4)14-21(2)3)32(36-31)35-30-13-12-24-16-27(17-28(24)30)40(7,38)39/h8-11,14-15,18-20,24,27-28,30H,1-2,12-13,16-17H2,3-7H3,(H,34,35,36)/b22-20+,26-14+,33-18-. The van der Waals surface area contributed by atoms with Crippen molar-refractivity contribution >= 4 is 33.0 Å². The van der Waals surface area contributed by atoms with Crippen LogP contribution in [-0.2, 0) is 9.84 Å². The van der Waals surface area contributed by atoms with Crippen LogP contribution in [0.4, 0.5) is 5.82 Å². The highest BCUT2D eigenvalue weighted by molar-refractivity contribution is 7.91. The number of aliphatic imine (C=N–C) groups is 1. The molecular formula is C32H41N5O2S. The molecule has 1 aromatic heterocycles. The van der Waals surface area contributed by atoms with Crippen LogP contribution < -0.4 is 5.32 Å². The summed E-state index contributed by atoms with van der Waals surface area (Å²) >= 11 is 0. The van der Waals surface area contributed by atoms with E-state index < -0.39 is 9.84 Å². The van der Waals surface area contributed by atoms with E-state index in [0.29, 0.717) is 24.1 Å². The van der Waals surface area contributed by atoms with E-state index >= 15 is 0 Å². The lowest BCUT2D eigenvalue weighted by Crippen LogP contribution is -2.27. The number of nitrogens with one attached hydrogen (secondary N) is 1. The van der Waals surface area contributed by atoms with Gasteiger partial charge < -0.3 is 10.2 Å². The highest BCUT2D eigenvalue weighted by Crippen LogP contribution is 2.47. The zero-order valence-electron chi connectivity index (χ0n) is 24.3. The Hall–Kier alpha value is -3.52. The lowest BCUT2D eigenvalue weighted by Gasteiger charge is -2.23. The van der Waals surface area contributed by atoms with Gasteiger partial charge in [0.2, 0.25) is 0 Å². The number of anilines is 1. The summed E-state index contributed by atoms with van der Waals surface area (Å²) < 4.78 is 24.6. The van der Waals surface area contributed by atoms with Crippen molar-refractivity contribution in [2.45, 2.75) is 43.9 Å². The molecule has 0 radical (unpaired) electrons. The van der Waals surface area contributed by atoms with Crippen LogP contribution in [0.5, 0.6) is 0 Å². The molecule has 1 aromatic carbocycles. The van der Waals surface area contributed by atoms with Crippen molar-refractivity contribution in [3.63, 3.8) is 0 Å². The minimum Gasteiger partial charge on any atom is -0.383 e. The van der Waals surface area contributed by atoms with Crippen LogP contribution in [0.15, 0.2) is 72.5 Å². The second-order valence-electron chi connectivity index (χ2n) is 11.3. The molecule has 1 N–H and O–H groups in total. The van der Waals surface area contributed by atoms with E-state index in [2.05, 4.69) is 35.6 Å². The average Bonchev–Trinajstić information content (AvgIpc) is 3.49. The zero-order chi connectivity index (χ0) is 29.0. The van der Waals surface area contributed by atoms with Gasteiger partial charge in [-0.1, -0.05) is 49.1 Å². The highest BCUT2D eigenvalue weighted by Gasteiger charge is 2.46. The second kappa shape index (κ2) is 12.3. The summed E-state index contributed by atoms with van der Waals surface area (Å²) in [5.74, 6) is 2.06. The Kier molecular flexibility index (Phi) is 9.08. The largest absolute Gasteiger partial charge is 0.383 e. The van der Waals surface area contributed by atoms with Crippen LogP contribution in [0, 0.1) is 11.8 Å². The number of sulfone groups is 1. The van der Waals surface area contributed by atoms with Crippen molar-refractivity contribution in [3.8, 4) is 11.4 Å². The molecule has 2 aromatic rings. The van der Waals surface area contributed by atoms with Gasteiger partial charge in [-0.05, 0) is 61.6 Å². The summed E-state index contributed by atoms with van der Waals surface area (Å²) in [7, 11) is 2.66. The van der Waals surface area contributed by atoms with Crippen LogP contribution in [0.1, 0.15) is 43.7 Å². The number of allylic oxidation sites excluding steroid dienone is 5. The number of hydrogen-bond donors (Lipinski definition) is 1. The Morgan fingerprint density at radius 1 is 1.20 bits per heavy atom. The van der Waals surface area contributed by atoms with Crippen molar-refractivity contribution in [1.82, 2.24) is 14.9 Å². The first-order chi connectivity index (χ1) is 19.0. The van der Waals surface area contributed by atoms with Gasteiger partial charge in [0.15, 0.2) is 5.82 Å². The van der Waals surface area contributed by atoms with Gasteiger partial charge in [0.05, 0.1) is 5.25 Å². The fourth-order valence-electron chi connectivity index (χ4n) is 6.03. The number of rotatable bonds is 10. The van der Waals surface area contributed by atoms with Crippen LogP contribution >= 0.6 is 0 Å². The zero-order valence-corrected chi connectivity index (χ0v) is 25.1. The van der Waals surface area contributed by atoms with Crippen molar-refractivity contribution in [2.24, 2.45) is 16.8 Å². The van der Waals surface area contributed by atoms with Crippen LogP contribution in [0.2, 0.25) is 0 Å². The molecule has 8 heteroatoms. The van der Waals surface area contributed by atoms with Gasteiger partial charge in [0, 0.05) is 68.8 Å². The fourth-order valence-corrected chi connectivity index (χ4v) is 7.20. The summed E-state index contributed by atoms with van der Waals surface area (Å²) in [5.41, 5.74) is 5.54. The first-order valence-corrected chi connectivity index (χ1v) is 15.7. The molecule has 7 nitrogen and oxygen atoms in total. The molecule has 2 saturated carbocycles. The minimum atomic E-state index is -3.05. The van der Waals surface area contributed by atoms with Crippen molar-refractivity contribution in [3.05, 3.63) is 78.7 Å². The lowest BCUT2D eigenvalue weighted by atomic mass is 9.97. The Bertz CT molecular complexity index is 1470. The summed E-state index contributed by atoms with van der Waals surface area (Å²) in [6, 6.07) is 8.29. The van der Waals surface area contributed by atoms with Crippen molar-refractivity contribution in [1.29, 1.82) is 0 Å². The van der Waals surface area contributed by atoms with E-state index in [1.165, 1.54) is 6.26 Å². The first-order valence-electron chi connectivity index (χ1n) is 13.7. The van der Waals surface area contributed by atoms with Crippen molar-refractivity contribution in [2.75, 3.05) is 32.7 Å². The lowest BCUT2D eigenvalue weighted by molar-refractivity contribution is 0.434. The van der Waals surface area contributed by atoms with Gasteiger partial charge in [-0.2, -0.15) is 0 Å². The number of aromatic nitrogens is 2. The fraction of sp³-hybridized carbons (Fsp3) is 0.406. The highest BCUT2D eigenvalue weighted by atomic mass is 32.2. The van der Waals surface area contributed by atoms with Gasteiger partial charge in [-0.25, -0.2) is 18.4 Å². The summed E-state index contributed by atoms with van der Waals surface area (Å²) in [4.78, 5) is 16.1. The number of hydrogen-bond acceptors (Lipinski definition) is 7. The van der Waals surface area contributed by atoms with E-state index in [0.717, 1.165) is 58.5 Å². The molecule has 4 unspecified atom stereocenters. The smallest absolute Gasteiger partial charge is 0.161 e. The molecule has 4 rings (SSSR count). The van der Waals surface area contributed by atoms with Crippen molar-refractivity contribution < 1.29 is 8.42 Å². The molecule has 2 aliphatic rings. The Labute approximate surface area is 239 Å². The molecule has 212 valence electrons. The molecule has 0 saturated heterocycles. The van der Waals surface area contributed by atoms with Gasteiger partial charge in [-0.15, -0.1) is 0 Å². The predicted molar refractivity (Wildman–Crippen MR) is 168 cm³/mol. The first kappa shape index (κ1) is 29.5. The number of nitrogens with zero attached hydrogens (tertiary/aromatic N) is 4. The molecular weight excluding hydrogens is 518 g/mol. The van der Waals surface area contributed by atoms with E-state index in [1.54, 1.807) is 13.3 Å². The van der Waals surface area contributed by atoms with E-state index in [1.807, 2.05) is 62.6 Å². The van der Waals surface area contributed by atoms with E-state index in [4.69, 9.17) is 9.97 Å². The number of benzene rings is 1. The van der Waals surface area contributed by atoms with Crippen LogP contribution in [0.3, 0.4) is 0 Å². The maximum atomic E-state index is 12.3. The SMILES string of the molecule is C=C/C(=C\N(C)C)c1cccc(-c2ncc(C(/C=N\C)=C/C(=C)C)c(NC3CCC4CC(S(C)(=O)=O)CC43)n2)c1. The molecule has 4 atom stereocenters. The monoisotopic (exact) mass is 559 g/mol. The maximum absolute atomic E-state index is 12.3. The third-order valence-corrected chi connectivity index (χ3v) is 9.44. The minimum absolute atomic E-state index is 0.143. The molecule has 40 heavy (non-hydrogen) atoms. The normalized spacial score (nSPS) is 23.3. The van der Waals surface area contributed by atoms with Gasteiger partial charge >= 0.3 is 0 Å². The Morgan fingerprint density at radius 2 is 1.98 bits per heavy atom. The number of fused-ring (bicyclic) bond motifs is 1. The van der Waals surface area contributed by atoms with E-state index in [-0.39, 0.29) is 11.3 Å². The third kappa shape index (κ3) is 6.78. The van der Waals surface area contributed by atoms with Gasteiger partial charge in [-0.3, -0.25) is 4.99 Å². The molecule has 0 spiro atoms. The topological polar surface area (TPSA) is 87.5 Å². The van der Waals surface area contributed by atoms with Crippen LogP contribution in [0.25, 0.3) is 22.5 Å². The Morgan fingerprint density at radius 3 is 2.62 bits per heavy atom. The van der Waals surface area contributed by atoms with Crippen LogP contribution in [-0.4, -0.2) is 68.2 Å². The Balaban J connectivity index is 1.76. The third-order valence-electron chi connectivity index (χ3n) is 7.84. The summed E-state index contributed by atoms with van der Waals surface area (Å²) in [5, 5.41) is 3.48. The quantitative estimate of drug-likeness (QED) is 0.288. The van der Waals surface area contributed by atoms with E-state index in [9.17, 15) is 8.42 Å². The molecule has 0 bridgehead atoms. The average molecular weight is 560 g/mol. The molecule has 2 aliphatic carbocycles. The van der Waals surface area contributed by atoms with Gasteiger partial charge in [0.25, 0.3) is 0 Å². The predicted octanol–water partition coefficient (Wildman–Crippen LogP) is 5.91. The molecule has 2 fully saturated rings. The maximum Gasteiger partial charge on any atom is 0.161 e. The second-order valence-corrected chi connectivity index (χ2v) is 13.6. The molecule has 1 heterocycles. The summed E-state index contributed by atoms with van der Waals surface area (Å²) in [6.07, 6.45) is 14.3.